The second-order valence-corrected chi connectivity index (χ2v) is 6.14. The van der Waals surface area contributed by atoms with E-state index in [-0.39, 0.29) is 5.91 Å². The van der Waals surface area contributed by atoms with Crippen molar-refractivity contribution in [2.24, 2.45) is 5.92 Å². The number of alkyl halides is 1. The first-order valence-corrected chi connectivity index (χ1v) is 8.06. The number of hydrogen-bond acceptors (Lipinski definition) is 1. The fourth-order valence-electron chi connectivity index (χ4n) is 1.63. The standard InChI is InChI=1S/C14H19Br2NO/c1-10-5-6-12(13(16)8-10)14(18)17-7-3-4-11(2)9-15/h5-6,8,11H,3-4,7,9H2,1-2H3,(H,17,18). The number of benzene rings is 1. The number of carbonyl (C=O) groups is 1. The SMILES string of the molecule is Cc1ccc(C(=O)NCCCC(C)CBr)c(Br)c1. The van der Waals surface area contributed by atoms with Gasteiger partial charge in [0, 0.05) is 16.3 Å². The summed E-state index contributed by atoms with van der Waals surface area (Å²) in [5.41, 5.74) is 1.85. The summed E-state index contributed by atoms with van der Waals surface area (Å²) in [4.78, 5) is 11.9. The average Bonchev–Trinajstić information content (AvgIpc) is 2.34. The molecule has 100 valence electrons. The molecule has 0 radical (unpaired) electrons. The van der Waals surface area contributed by atoms with Gasteiger partial charge in [0.1, 0.15) is 0 Å². The number of halogens is 2. The lowest BCUT2D eigenvalue weighted by Crippen LogP contribution is -2.25. The van der Waals surface area contributed by atoms with Crippen LogP contribution in [0.25, 0.3) is 0 Å². The molecule has 0 saturated heterocycles. The van der Waals surface area contributed by atoms with Crippen LogP contribution in [0.15, 0.2) is 22.7 Å². The Morgan fingerprint density at radius 1 is 1.44 bits per heavy atom. The van der Waals surface area contributed by atoms with Crippen LogP contribution in [-0.4, -0.2) is 17.8 Å². The number of rotatable bonds is 6. The molecule has 0 spiro atoms. The third kappa shape index (κ3) is 5.11. The molecular weight excluding hydrogens is 358 g/mol. The largest absolute Gasteiger partial charge is 0.352 e. The molecule has 2 nitrogen and oxygen atoms in total. The molecule has 0 aliphatic carbocycles. The van der Waals surface area contributed by atoms with Crippen molar-refractivity contribution in [1.29, 1.82) is 0 Å². The zero-order chi connectivity index (χ0) is 13.5. The Hall–Kier alpha value is -0.350. The van der Waals surface area contributed by atoms with Crippen molar-refractivity contribution in [2.75, 3.05) is 11.9 Å². The molecular formula is C14H19Br2NO. The van der Waals surface area contributed by atoms with E-state index < -0.39 is 0 Å². The van der Waals surface area contributed by atoms with Crippen LogP contribution in [-0.2, 0) is 0 Å². The molecule has 0 aromatic heterocycles. The van der Waals surface area contributed by atoms with E-state index in [0.717, 1.165) is 34.8 Å². The van der Waals surface area contributed by atoms with E-state index in [1.54, 1.807) is 0 Å². The smallest absolute Gasteiger partial charge is 0.252 e. The third-order valence-corrected chi connectivity index (χ3v) is 4.55. The fraction of sp³-hybridized carbons (Fsp3) is 0.500. The molecule has 0 bridgehead atoms. The Morgan fingerprint density at radius 2 is 2.17 bits per heavy atom. The van der Waals surface area contributed by atoms with Crippen molar-refractivity contribution >= 4 is 37.8 Å². The highest BCUT2D eigenvalue weighted by Gasteiger charge is 2.09. The Bertz CT molecular complexity index is 407. The lowest BCUT2D eigenvalue weighted by Gasteiger charge is -2.09. The Kier molecular flexibility index (Phi) is 6.94. The van der Waals surface area contributed by atoms with Gasteiger partial charge < -0.3 is 5.32 Å². The van der Waals surface area contributed by atoms with E-state index >= 15 is 0 Å². The fourth-order valence-corrected chi connectivity index (χ4v) is 2.63. The van der Waals surface area contributed by atoms with Crippen molar-refractivity contribution in [3.63, 3.8) is 0 Å². The highest BCUT2D eigenvalue weighted by molar-refractivity contribution is 9.10. The first kappa shape index (κ1) is 15.7. The molecule has 4 heteroatoms. The van der Waals surface area contributed by atoms with Crippen LogP contribution in [0.1, 0.15) is 35.7 Å². The van der Waals surface area contributed by atoms with Gasteiger partial charge in [-0.2, -0.15) is 0 Å². The van der Waals surface area contributed by atoms with E-state index in [4.69, 9.17) is 0 Å². The second kappa shape index (κ2) is 7.95. The average molecular weight is 377 g/mol. The van der Waals surface area contributed by atoms with Crippen molar-refractivity contribution < 1.29 is 4.79 Å². The van der Waals surface area contributed by atoms with Crippen LogP contribution in [0.4, 0.5) is 0 Å². The van der Waals surface area contributed by atoms with Gasteiger partial charge in [0.15, 0.2) is 0 Å². The highest BCUT2D eigenvalue weighted by Crippen LogP contribution is 2.18. The first-order chi connectivity index (χ1) is 8.54. The molecule has 0 saturated carbocycles. The number of aryl methyl sites for hydroxylation is 1. The summed E-state index contributed by atoms with van der Waals surface area (Å²) in [7, 11) is 0. The summed E-state index contributed by atoms with van der Waals surface area (Å²) in [5, 5.41) is 3.97. The van der Waals surface area contributed by atoms with E-state index in [2.05, 4.69) is 44.1 Å². The molecule has 0 heterocycles. The first-order valence-electron chi connectivity index (χ1n) is 6.15. The maximum atomic E-state index is 11.9. The normalized spacial score (nSPS) is 12.2. The molecule has 1 rings (SSSR count). The summed E-state index contributed by atoms with van der Waals surface area (Å²) in [6, 6.07) is 5.77. The van der Waals surface area contributed by atoms with Crippen LogP contribution in [0.3, 0.4) is 0 Å². The molecule has 0 fully saturated rings. The summed E-state index contributed by atoms with van der Waals surface area (Å²) in [6.45, 7) is 4.94. The molecule has 0 aliphatic heterocycles. The van der Waals surface area contributed by atoms with Gasteiger partial charge in [-0.25, -0.2) is 0 Å². The summed E-state index contributed by atoms with van der Waals surface area (Å²) < 4.78 is 0.855. The van der Waals surface area contributed by atoms with Gasteiger partial charge in [-0.3, -0.25) is 4.79 Å². The third-order valence-electron chi connectivity index (χ3n) is 2.79. The predicted octanol–water partition coefficient (Wildman–Crippen LogP) is 4.30. The Morgan fingerprint density at radius 3 is 2.78 bits per heavy atom. The topological polar surface area (TPSA) is 29.1 Å². The zero-order valence-corrected chi connectivity index (χ0v) is 14.0. The van der Waals surface area contributed by atoms with Gasteiger partial charge in [-0.15, -0.1) is 0 Å². The van der Waals surface area contributed by atoms with Crippen molar-refractivity contribution in [3.8, 4) is 0 Å². The highest BCUT2D eigenvalue weighted by atomic mass is 79.9. The van der Waals surface area contributed by atoms with Crippen LogP contribution in [0.2, 0.25) is 0 Å². The zero-order valence-electron chi connectivity index (χ0n) is 10.8. The molecule has 18 heavy (non-hydrogen) atoms. The van der Waals surface area contributed by atoms with E-state index in [1.165, 1.54) is 0 Å². The molecule has 1 unspecified atom stereocenters. The lowest BCUT2D eigenvalue weighted by atomic mass is 10.1. The number of nitrogens with one attached hydrogen (secondary N) is 1. The molecule has 1 aromatic carbocycles. The van der Waals surface area contributed by atoms with Crippen LogP contribution >= 0.6 is 31.9 Å². The van der Waals surface area contributed by atoms with Gasteiger partial charge in [0.25, 0.3) is 5.91 Å². The van der Waals surface area contributed by atoms with Gasteiger partial charge in [0.05, 0.1) is 5.56 Å². The minimum atomic E-state index is -0.00614. The van der Waals surface area contributed by atoms with Crippen molar-refractivity contribution in [2.45, 2.75) is 26.7 Å². The van der Waals surface area contributed by atoms with E-state index in [1.807, 2.05) is 25.1 Å². The number of carbonyl (C=O) groups excluding carboxylic acids is 1. The van der Waals surface area contributed by atoms with Gasteiger partial charge in [-0.1, -0.05) is 28.9 Å². The molecule has 1 atom stereocenters. The van der Waals surface area contributed by atoms with Gasteiger partial charge >= 0.3 is 0 Å². The quantitative estimate of drug-likeness (QED) is 0.582. The van der Waals surface area contributed by atoms with Gasteiger partial charge in [-0.05, 0) is 59.3 Å². The summed E-state index contributed by atoms with van der Waals surface area (Å²) >= 11 is 6.88. The molecule has 0 aliphatic rings. The van der Waals surface area contributed by atoms with E-state index in [0.29, 0.717) is 11.5 Å². The van der Waals surface area contributed by atoms with E-state index in [9.17, 15) is 4.79 Å². The van der Waals surface area contributed by atoms with Gasteiger partial charge in [0.2, 0.25) is 0 Å². The van der Waals surface area contributed by atoms with Crippen LogP contribution < -0.4 is 5.32 Å². The maximum Gasteiger partial charge on any atom is 0.252 e. The summed E-state index contributed by atoms with van der Waals surface area (Å²) in [6.07, 6.45) is 2.14. The van der Waals surface area contributed by atoms with Crippen molar-refractivity contribution in [1.82, 2.24) is 5.32 Å². The van der Waals surface area contributed by atoms with Crippen molar-refractivity contribution in [3.05, 3.63) is 33.8 Å². The monoisotopic (exact) mass is 375 g/mol. The number of amides is 1. The summed E-state index contributed by atoms with van der Waals surface area (Å²) in [5.74, 6) is 0.654. The molecule has 1 aromatic rings. The van der Waals surface area contributed by atoms with Crippen LogP contribution in [0, 0.1) is 12.8 Å². The predicted molar refractivity (Wildman–Crippen MR) is 83.4 cm³/mol. The second-order valence-electron chi connectivity index (χ2n) is 4.64. The Balaban J connectivity index is 2.41. The Labute approximate surface area is 126 Å². The molecule has 1 N–H and O–H groups in total. The lowest BCUT2D eigenvalue weighted by molar-refractivity contribution is 0.0952. The van der Waals surface area contributed by atoms with Crippen LogP contribution in [0.5, 0.6) is 0 Å². The minimum absolute atomic E-state index is 0.00614. The maximum absolute atomic E-state index is 11.9. The minimum Gasteiger partial charge on any atom is -0.352 e. The number of hydrogen-bond donors (Lipinski definition) is 1. The molecule has 1 amide bonds.